The van der Waals surface area contributed by atoms with Crippen LogP contribution in [0.2, 0.25) is 0 Å². The summed E-state index contributed by atoms with van der Waals surface area (Å²) < 4.78 is 18.5. The summed E-state index contributed by atoms with van der Waals surface area (Å²) in [5.74, 6) is 3.14. The summed E-state index contributed by atoms with van der Waals surface area (Å²) in [4.78, 5) is 64.9. The quantitative estimate of drug-likeness (QED) is 0.0734. The van der Waals surface area contributed by atoms with Gasteiger partial charge >= 0.3 is 0 Å². The van der Waals surface area contributed by atoms with Crippen LogP contribution < -0.4 is 16.9 Å². The molecule has 10 rings (SSSR count). The molecule has 0 bridgehead atoms. The topological polar surface area (TPSA) is 165 Å². The molecule has 0 saturated carbocycles. The second-order valence-electron chi connectivity index (χ2n) is 21.1. The van der Waals surface area contributed by atoms with Crippen molar-refractivity contribution in [2.24, 2.45) is 11.7 Å². The summed E-state index contributed by atoms with van der Waals surface area (Å²) in [6, 6.07) is 42.4. The number of fused-ring (bicyclic) bond motifs is 2. The van der Waals surface area contributed by atoms with E-state index in [1.165, 1.54) is 11.6 Å². The van der Waals surface area contributed by atoms with Gasteiger partial charge in [0.15, 0.2) is 0 Å². The predicted octanol–water partition coefficient (Wildman–Crippen LogP) is 9.09. The number of likely N-dealkylation sites (tertiary alicyclic amines) is 2. The van der Waals surface area contributed by atoms with Gasteiger partial charge < -0.3 is 34.1 Å². The van der Waals surface area contributed by atoms with Crippen molar-refractivity contribution >= 4 is 33.9 Å². The van der Waals surface area contributed by atoms with Crippen molar-refractivity contribution in [1.29, 1.82) is 0 Å². The summed E-state index contributed by atoms with van der Waals surface area (Å²) in [5, 5.41) is 0. The molecule has 78 heavy (non-hydrogen) atoms. The van der Waals surface area contributed by atoms with E-state index in [1.54, 1.807) is 53.9 Å². The fourth-order valence-corrected chi connectivity index (χ4v) is 11.3. The van der Waals surface area contributed by atoms with Gasteiger partial charge in [0.25, 0.3) is 11.1 Å². The van der Waals surface area contributed by atoms with Crippen molar-refractivity contribution in [3.63, 3.8) is 0 Å². The molecule has 4 aromatic heterocycles. The van der Waals surface area contributed by atoms with E-state index in [1.807, 2.05) is 71.6 Å². The number of imidazole rings is 2. The van der Waals surface area contributed by atoms with Gasteiger partial charge in [-0.3, -0.25) is 28.3 Å². The number of hydrogen-bond donors (Lipinski definition) is 1. The Labute approximate surface area is 457 Å². The lowest BCUT2D eigenvalue weighted by Gasteiger charge is -2.33. The highest BCUT2D eigenvalue weighted by molar-refractivity contribution is 5.79. The van der Waals surface area contributed by atoms with Gasteiger partial charge in [-0.15, -0.1) is 0 Å². The third kappa shape index (κ3) is 13.8. The zero-order valence-electron chi connectivity index (χ0n) is 45.5. The number of nitrogens with zero attached hydrogens (tertiary/aromatic N) is 8. The SMILES string of the molecule is COCCCn1c([C@@H]2CCCN(C(=O)C[C@H](C)Cc3ccc(-n4ccccc4=O)cc3)C2)nc2ccccc21.COCCCn1c([C@@H]2CCCN(C(=O)C[C@H](N)Cc3ccc(-n4ccccc4=O)cc3)C2)nc2ccccc21. The Kier molecular flexibility index (Phi) is 19.0. The monoisotopic (exact) mass is 1050 g/mol. The highest BCUT2D eigenvalue weighted by Gasteiger charge is 2.31. The van der Waals surface area contributed by atoms with Crippen LogP contribution in [0, 0.1) is 5.92 Å². The van der Waals surface area contributed by atoms with E-state index in [-0.39, 0.29) is 46.7 Å². The lowest BCUT2D eigenvalue weighted by atomic mass is 9.94. The molecule has 4 atom stereocenters. The van der Waals surface area contributed by atoms with Gasteiger partial charge in [0.1, 0.15) is 11.6 Å². The van der Waals surface area contributed by atoms with Gasteiger partial charge in [-0.05, 0) is 129 Å². The normalized spacial score (nSPS) is 16.5. The van der Waals surface area contributed by atoms with Crippen molar-refractivity contribution in [2.45, 2.75) is 102 Å². The second-order valence-corrected chi connectivity index (χ2v) is 21.1. The van der Waals surface area contributed by atoms with Crippen LogP contribution in [0.3, 0.4) is 0 Å². The zero-order chi connectivity index (χ0) is 54.4. The van der Waals surface area contributed by atoms with E-state index < -0.39 is 0 Å². The summed E-state index contributed by atoms with van der Waals surface area (Å²) in [6.45, 7) is 8.22. The number of nitrogens with two attached hydrogens (primary N) is 1. The van der Waals surface area contributed by atoms with Gasteiger partial charge in [0, 0.05) is 133 Å². The van der Waals surface area contributed by atoms with Gasteiger partial charge in [0.2, 0.25) is 11.8 Å². The number of aryl methyl sites for hydroxylation is 2. The number of para-hydroxylation sites is 4. The molecule has 15 heteroatoms. The number of carbonyl (C=O) groups is 2. The number of aromatic nitrogens is 6. The summed E-state index contributed by atoms with van der Waals surface area (Å²) in [6.07, 6.45) is 11.6. The molecule has 2 saturated heterocycles. The van der Waals surface area contributed by atoms with Crippen LogP contribution in [0.5, 0.6) is 0 Å². The maximum Gasteiger partial charge on any atom is 0.255 e. The van der Waals surface area contributed by atoms with Crippen LogP contribution in [0.1, 0.15) is 92.9 Å². The molecular formula is C63H75N9O6. The number of pyridine rings is 2. The third-order valence-corrected chi connectivity index (χ3v) is 15.2. The first-order chi connectivity index (χ1) is 38.1. The van der Waals surface area contributed by atoms with Crippen LogP contribution in [-0.2, 0) is 45.0 Å². The van der Waals surface area contributed by atoms with E-state index in [9.17, 15) is 19.2 Å². The van der Waals surface area contributed by atoms with Gasteiger partial charge in [-0.25, -0.2) is 9.97 Å². The average Bonchev–Trinajstić information content (AvgIpc) is 4.03. The van der Waals surface area contributed by atoms with Crippen LogP contribution in [0.15, 0.2) is 155 Å². The Morgan fingerprint density at radius 3 is 1.47 bits per heavy atom. The molecular weight excluding hydrogens is 979 g/mol. The molecule has 2 amide bonds. The number of piperidine rings is 2. The van der Waals surface area contributed by atoms with Gasteiger partial charge in [0.05, 0.1) is 22.1 Å². The zero-order valence-corrected chi connectivity index (χ0v) is 45.5. The summed E-state index contributed by atoms with van der Waals surface area (Å²) in [7, 11) is 3.46. The van der Waals surface area contributed by atoms with Gasteiger partial charge in [-0.2, -0.15) is 0 Å². The summed E-state index contributed by atoms with van der Waals surface area (Å²) in [5.41, 5.74) is 14.5. The maximum atomic E-state index is 13.4. The third-order valence-electron chi connectivity index (χ3n) is 15.2. The predicted molar refractivity (Wildman–Crippen MR) is 307 cm³/mol. The first kappa shape index (κ1) is 55.3. The number of rotatable bonds is 20. The number of carbonyl (C=O) groups excluding carboxylic acids is 2. The number of ether oxygens (including phenoxy) is 2. The smallest absolute Gasteiger partial charge is 0.255 e. The molecule has 0 spiro atoms. The molecule has 2 aliphatic rings. The van der Waals surface area contributed by atoms with Crippen molar-refractivity contribution in [3.05, 3.63) is 189 Å². The van der Waals surface area contributed by atoms with Crippen molar-refractivity contribution < 1.29 is 19.1 Å². The Bertz CT molecular complexity index is 3140. The number of benzene rings is 4. The minimum atomic E-state index is -0.276. The summed E-state index contributed by atoms with van der Waals surface area (Å²) >= 11 is 0. The van der Waals surface area contributed by atoms with E-state index in [2.05, 4.69) is 63.4 Å². The van der Waals surface area contributed by atoms with Crippen molar-refractivity contribution in [1.82, 2.24) is 38.0 Å². The maximum absolute atomic E-state index is 13.4. The molecule has 2 aliphatic heterocycles. The standard InChI is InChI=1S/C32H38N4O3.C31H37N5O3/c1-24(21-25-13-15-27(16-14-25)35-18-6-5-12-30(35)37)22-31(38)34-17-7-9-26(23-34)32-33-28-10-3-4-11-29(28)36(32)19-8-20-39-2;1-39-19-7-18-36-28-10-3-2-9-27(28)33-31(36)24-8-6-16-34(22-24)30(38)21-25(32)20-23-12-14-26(15-13-23)35-17-5-4-11-29(35)37/h3-6,10-16,18,24,26H,7-9,17,19-23H2,1-2H3;2-5,9-15,17,24-25H,6-8,16,18-22,32H2,1H3/t24-,26-;24-,25-/m11/s1. The lowest BCUT2D eigenvalue weighted by molar-refractivity contribution is -0.133. The molecule has 15 nitrogen and oxygen atoms in total. The molecule has 4 aromatic carbocycles. The average molecular weight is 1050 g/mol. The van der Waals surface area contributed by atoms with Crippen LogP contribution in [-0.4, -0.2) is 110 Å². The van der Waals surface area contributed by atoms with E-state index in [4.69, 9.17) is 25.2 Å². The Morgan fingerprint density at radius 1 is 0.577 bits per heavy atom. The highest BCUT2D eigenvalue weighted by Crippen LogP contribution is 2.32. The molecule has 0 radical (unpaired) electrons. The minimum Gasteiger partial charge on any atom is -0.385 e. The highest BCUT2D eigenvalue weighted by atomic mass is 16.5. The molecule has 0 unspecified atom stereocenters. The fourth-order valence-electron chi connectivity index (χ4n) is 11.3. The number of methoxy groups -OCH3 is 2. The lowest BCUT2D eigenvalue weighted by Crippen LogP contribution is -2.42. The molecule has 6 heterocycles. The van der Waals surface area contributed by atoms with Crippen LogP contribution in [0.4, 0.5) is 0 Å². The van der Waals surface area contributed by atoms with Crippen LogP contribution >= 0.6 is 0 Å². The number of amides is 2. The Balaban J connectivity index is 0.000000190. The first-order valence-corrected chi connectivity index (χ1v) is 27.8. The Morgan fingerprint density at radius 2 is 1.01 bits per heavy atom. The van der Waals surface area contributed by atoms with Crippen LogP contribution in [0.25, 0.3) is 33.4 Å². The van der Waals surface area contributed by atoms with Crippen molar-refractivity contribution in [2.75, 3.05) is 53.6 Å². The van der Waals surface area contributed by atoms with E-state index in [0.29, 0.717) is 39.0 Å². The number of hydrogen-bond acceptors (Lipinski definition) is 9. The largest absolute Gasteiger partial charge is 0.385 e. The molecule has 2 N–H and O–H groups in total. The minimum absolute atomic E-state index is 0.0467. The van der Waals surface area contributed by atoms with Gasteiger partial charge in [-0.1, -0.05) is 67.6 Å². The van der Waals surface area contributed by atoms with Crippen molar-refractivity contribution in [3.8, 4) is 11.4 Å². The molecule has 0 aliphatic carbocycles. The van der Waals surface area contributed by atoms with E-state index >= 15 is 0 Å². The molecule has 8 aromatic rings. The fraction of sp³-hybridized carbons (Fsp3) is 0.397. The molecule has 2 fully saturated rings. The first-order valence-electron chi connectivity index (χ1n) is 27.8. The Hall–Kier alpha value is -7.46. The van der Waals surface area contributed by atoms with E-state index in [0.717, 1.165) is 128 Å². The second kappa shape index (κ2) is 26.7. The molecule has 408 valence electrons.